The molecule has 1 unspecified atom stereocenters. The molecule has 1 amide bonds. The predicted octanol–water partition coefficient (Wildman–Crippen LogP) is 3.58. The lowest BCUT2D eigenvalue weighted by Crippen LogP contribution is -2.51. The number of piperidine rings is 1. The van der Waals surface area contributed by atoms with Gasteiger partial charge in [0.15, 0.2) is 6.10 Å². The highest BCUT2D eigenvalue weighted by Crippen LogP contribution is 2.34. The van der Waals surface area contributed by atoms with Crippen LogP contribution in [0.4, 0.5) is 5.69 Å². The van der Waals surface area contributed by atoms with Crippen LogP contribution in [0.3, 0.4) is 0 Å². The summed E-state index contributed by atoms with van der Waals surface area (Å²) in [6.07, 6.45) is 2.79. The topological polar surface area (TPSA) is 71.7 Å². The Morgan fingerprint density at radius 3 is 2.86 bits per heavy atom. The average molecular weight is 410 g/mol. The Morgan fingerprint density at radius 1 is 1.17 bits per heavy atom. The summed E-state index contributed by atoms with van der Waals surface area (Å²) in [4.78, 5) is 21.6. The quantitative estimate of drug-likeness (QED) is 0.655. The summed E-state index contributed by atoms with van der Waals surface area (Å²) in [5.74, 6) is 1.89. The largest absolute Gasteiger partial charge is 0.477 e. The number of likely N-dealkylation sites (tertiary alicyclic amines) is 1. The van der Waals surface area contributed by atoms with Gasteiger partial charge >= 0.3 is 0 Å². The molecule has 3 aromatic rings. The fraction of sp³-hybridized carbons (Fsp3) is 0.381. The maximum atomic E-state index is 13.0. The first-order chi connectivity index (χ1) is 14.3. The number of amides is 1. The van der Waals surface area contributed by atoms with Crippen molar-refractivity contribution in [2.45, 2.75) is 31.9 Å². The van der Waals surface area contributed by atoms with E-state index >= 15 is 0 Å². The van der Waals surface area contributed by atoms with E-state index in [0.29, 0.717) is 30.6 Å². The van der Waals surface area contributed by atoms with Gasteiger partial charge < -0.3 is 19.1 Å². The number of rotatable bonds is 4. The second-order valence-electron chi connectivity index (χ2n) is 7.36. The first-order valence-electron chi connectivity index (χ1n) is 9.92. The molecule has 1 aromatic carbocycles. The minimum atomic E-state index is -0.526. The van der Waals surface area contributed by atoms with Gasteiger partial charge in [0.25, 0.3) is 5.91 Å². The van der Waals surface area contributed by atoms with Crippen molar-refractivity contribution in [3.63, 3.8) is 0 Å². The molecular formula is C21H22N4O3S. The van der Waals surface area contributed by atoms with E-state index in [1.54, 1.807) is 11.3 Å². The zero-order chi connectivity index (χ0) is 19.6. The number of benzene rings is 1. The van der Waals surface area contributed by atoms with E-state index in [2.05, 4.69) is 15.0 Å². The lowest BCUT2D eigenvalue weighted by atomic mass is 10.1. The Hall–Kier alpha value is -2.87. The second kappa shape index (κ2) is 7.87. The molecule has 4 heterocycles. The highest BCUT2D eigenvalue weighted by molar-refractivity contribution is 7.08. The third-order valence-corrected chi connectivity index (χ3v) is 6.06. The number of carbonyl (C=O) groups excluding carboxylic acids is 1. The Kier molecular flexibility index (Phi) is 4.93. The monoisotopic (exact) mass is 410 g/mol. The first kappa shape index (κ1) is 18.2. The summed E-state index contributed by atoms with van der Waals surface area (Å²) in [5, 5.41) is 8.07. The van der Waals surface area contributed by atoms with E-state index in [0.717, 1.165) is 37.2 Å². The molecule has 29 heavy (non-hydrogen) atoms. The van der Waals surface area contributed by atoms with Crippen LogP contribution >= 0.6 is 11.3 Å². The third-order valence-electron chi connectivity index (χ3n) is 5.38. The van der Waals surface area contributed by atoms with Crippen LogP contribution in [0.1, 0.15) is 25.2 Å². The SMILES string of the molecule is O=C(C1CN(Cc2nc(-c3ccsc3)no2)c2ccccc2O1)N1CCCCC1. The minimum Gasteiger partial charge on any atom is -0.477 e. The molecule has 0 aliphatic carbocycles. The summed E-state index contributed by atoms with van der Waals surface area (Å²) in [7, 11) is 0. The van der Waals surface area contributed by atoms with E-state index in [4.69, 9.17) is 9.26 Å². The van der Waals surface area contributed by atoms with Crippen LogP contribution in [0, 0.1) is 0 Å². The maximum absolute atomic E-state index is 13.0. The van der Waals surface area contributed by atoms with Crippen molar-refractivity contribution in [3.8, 4) is 17.1 Å². The number of thiophene rings is 1. The Bertz CT molecular complexity index is 981. The van der Waals surface area contributed by atoms with Crippen molar-refractivity contribution in [1.82, 2.24) is 15.0 Å². The molecule has 0 spiro atoms. The average Bonchev–Trinajstić information content (AvgIpc) is 3.46. The predicted molar refractivity (Wildman–Crippen MR) is 110 cm³/mol. The summed E-state index contributed by atoms with van der Waals surface area (Å²) < 4.78 is 11.6. The van der Waals surface area contributed by atoms with Gasteiger partial charge in [-0.15, -0.1) is 0 Å². The molecule has 0 N–H and O–H groups in total. The van der Waals surface area contributed by atoms with Gasteiger partial charge in [-0.3, -0.25) is 4.79 Å². The Morgan fingerprint density at radius 2 is 2.03 bits per heavy atom. The third kappa shape index (κ3) is 3.72. The van der Waals surface area contributed by atoms with E-state index in [1.807, 2.05) is 46.0 Å². The molecule has 150 valence electrons. The van der Waals surface area contributed by atoms with Crippen LogP contribution in [0.5, 0.6) is 5.75 Å². The van der Waals surface area contributed by atoms with E-state index < -0.39 is 6.10 Å². The molecule has 5 rings (SSSR count). The van der Waals surface area contributed by atoms with Gasteiger partial charge in [0, 0.05) is 24.0 Å². The lowest BCUT2D eigenvalue weighted by molar-refractivity contribution is -0.139. The van der Waals surface area contributed by atoms with Gasteiger partial charge in [0.05, 0.1) is 18.8 Å². The van der Waals surface area contributed by atoms with Crippen molar-refractivity contribution >= 4 is 22.9 Å². The number of fused-ring (bicyclic) bond motifs is 1. The Balaban J connectivity index is 1.37. The van der Waals surface area contributed by atoms with Crippen LogP contribution in [-0.2, 0) is 11.3 Å². The smallest absolute Gasteiger partial charge is 0.265 e. The molecule has 0 saturated carbocycles. The standard InChI is InChI=1S/C21H22N4O3S/c26-21(24-9-4-1-5-10-24)18-12-25(16-6-2-3-7-17(16)27-18)13-19-22-20(23-28-19)15-8-11-29-14-15/h2-3,6-8,11,14,18H,1,4-5,9-10,12-13H2. The van der Waals surface area contributed by atoms with Crippen molar-refractivity contribution in [3.05, 3.63) is 47.0 Å². The summed E-state index contributed by atoms with van der Waals surface area (Å²) in [6, 6.07) is 9.75. The molecular weight excluding hydrogens is 388 g/mol. The van der Waals surface area contributed by atoms with Gasteiger partial charge in [0.1, 0.15) is 5.75 Å². The van der Waals surface area contributed by atoms with Crippen molar-refractivity contribution in [2.75, 3.05) is 24.5 Å². The first-order valence-corrected chi connectivity index (χ1v) is 10.9. The number of anilines is 1. The zero-order valence-electron chi connectivity index (χ0n) is 16.0. The summed E-state index contributed by atoms with van der Waals surface area (Å²) in [6.45, 7) is 2.52. The van der Waals surface area contributed by atoms with Gasteiger partial charge in [-0.25, -0.2) is 0 Å². The van der Waals surface area contributed by atoms with Crippen LogP contribution in [0.15, 0.2) is 45.6 Å². The highest BCUT2D eigenvalue weighted by Gasteiger charge is 2.34. The van der Waals surface area contributed by atoms with E-state index in [-0.39, 0.29) is 5.91 Å². The molecule has 7 nitrogen and oxygen atoms in total. The highest BCUT2D eigenvalue weighted by atomic mass is 32.1. The van der Waals surface area contributed by atoms with E-state index in [9.17, 15) is 4.79 Å². The number of hydrogen-bond acceptors (Lipinski definition) is 7. The molecule has 2 aliphatic heterocycles. The number of hydrogen-bond donors (Lipinski definition) is 0. The zero-order valence-corrected chi connectivity index (χ0v) is 16.8. The second-order valence-corrected chi connectivity index (χ2v) is 8.14. The van der Waals surface area contributed by atoms with Gasteiger partial charge in [0.2, 0.25) is 11.7 Å². The number of para-hydroxylation sites is 2. The van der Waals surface area contributed by atoms with Crippen LogP contribution in [-0.4, -0.2) is 46.7 Å². The van der Waals surface area contributed by atoms with E-state index in [1.165, 1.54) is 6.42 Å². The molecule has 2 aliphatic rings. The number of ether oxygens (including phenoxy) is 1. The van der Waals surface area contributed by atoms with Gasteiger partial charge in [-0.2, -0.15) is 16.3 Å². The Labute approximate surface area is 172 Å². The van der Waals surface area contributed by atoms with Crippen LogP contribution < -0.4 is 9.64 Å². The fourth-order valence-electron chi connectivity index (χ4n) is 3.89. The number of aromatic nitrogens is 2. The van der Waals surface area contributed by atoms with Crippen LogP contribution in [0.25, 0.3) is 11.4 Å². The molecule has 2 aromatic heterocycles. The number of carbonyl (C=O) groups is 1. The lowest BCUT2D eigenvalue weighted by Gasteiger charge is -2.37. The molecule has 1 fully saturated rings. The van der Waals surface area contributed by atoms with Crippen molar-refractivity contribution in [1.29, 1.82) is 0 Å². The van der Waals surface area contributed by atoms with Gasteiger partial charge in [-0.1, -0.05) is 17.3 Å². The molecule has 0 radical (unpaired) electrons. The molecule has 0 bridgehead atoms. The minimum absolute atomic E-state index is 0.0636. The molecule has 1 saturated heterocycles. The maximum Gasteiger partial charge on any atom is 0.265 e. The summed E-state index contributed by atoms with van der Waals surface area (Å²) >= 11 is 1.60. The fourth-order valence-corrected chi connectivity index (χ4v) is 4.53. The summed E-state index contributed by atoms with van der Waals surface area (Å²) in [5.41, 5.74) is 1.89. The van der Waals surface area contributed by atoms with Crippen molar-refractivity contribution < 1.29 is 14.1 Å². The molecule has 8 heteroatoms. The van der Waals surface area contributed by atoms with Gasteiger partial charge in [-0.05, 0) is 42.8 Å². The van der Waals surface area contributed by atoms with Crippen molar-refractivity contribution in [2.24, 2.45) is 0 Å². The van der Waals surface area contributed by atoms with Crippen LogP contribution in [0.2, 0.25) is 0 Å². The molecule has 1 atom stereocenters. The normalized spacial score (nSPS) is 19.0. The number of nitrogens with zero attached hydrogens (tertiary/aromatic N) is 4.